The molecule has 30 heavy (non-hydrogen) atoms. The zero-order valence-corrected chi connectivity index (χ0v) is 16.6. The van der Waals surface area contributed by atoms with Gasteiger partial charge in [0.05, 0.1) is 5.92 Å². The van der Waals surface area contributed by atoms with Crippen molar-refractivity contribution < 1.29 is 23.9 Å². The summed E-state index contributed by atoms with van der Waals surface area (Å²) in [6, 6.07) is 16.1. The quantitative estimate of drug-likeness (QED) is 0.682. The van der Waals surface area contributed by atoms with Crippen molar-refractivity contribution in [2.75, 3.05) is 23.8 Å². The molecular formula is C22H23N3O5. The van der Waals surface area contributed by atoms with Gasteiger partial charge in [0.1, 0.15) is 0 Å². The van der Waals surface area contributed by atoms with Crippen LogP contribution in [0.25, 0.3) is 0 Å². The molecule has 1 fully saturated rings. The first kappa shape index (κ1) is 21.0. The van der Waals surface area contributed by atoms with E-state index in [0.29, 0.717) is 17.9 Å². The first-order valence-corrected chi connectivity index (χ1v) is 9.56. The van der Waals surface area contributed by atoms with Crippen molar-refractivity contribution >= 4 is 35.1 Å². The van der Waals surface area contributed by atoms with Gasteiger partial charge in [0.15, 0.2) is 6.61 Å². The SMILES string of the molecule is CC(=O)Nc1ccc(NC(=O)COC(=O)[C@H]2CC(=O)N(Cc3ccccc3)C2)cc1. The Morgan fingerprint density at radius 1 is 1.00 bits per heavy atom. The number of carbonyl (C=O) groups excluding carboxylic acids is 4. The number of ether oxygens (including phenoxy) is 1. The van der Waals surface area contributed by atoms with Gasteiger partial charge in [-0.15, -0.1) is 0 Å². The van der Waals surface area contributed by atoms with Crippen molar-refractivity contribution in [1.82, 2.24) is 4.90 Å². The van der Waals surface area contributed by atoms with E-state index in [2.05, 4.69) is 10.6 Å². The zero-order chi connectivity index (χ0) is 21.5. The van der Waals surface area contributed by atoms with Crippen molar-refractivity contribution in [2.24, 2.45) is 5.92 Å². The molecule has 0 bridgehead atoms. The average molecular weight is 409 g/mol. The van der Waals surface area contributed by atoms with E-state index in [0.717, 1.165) is 5.56 Å². The molecule has 2 aromatic rings. The fourth-order valence-corrected chi connectivity index (χ4v) is 3.18. The second-order valence-corrected chi connectivity index (χ2v) is 7.08. The van der Waals surface area contributed by atoms with Crippen LogP contribution >= 0.6 is 0 Å². The zero-order valence-electron chi connectivity index (χ0n) is 16.6. The number of anilines is 2. The van der Waals surface area contributed by atoms with Crippen molar-refractivity contribution in [1.29, 1.82) is 0 Å². The highest BCUT2D eigenvalue weighted by Gasteiger charge is 2.35. The maximum Gasteiger partial charge on any atom is 0.311 e. The molecule has 1 aliphatic heterocycles. The van der Waals surface area contributed by atoms with E-state index < -0.39 is 24.4 Å². The molecule has 0 spiro atoms. The Labute approximate surface area is 174 Å². The lowest BCUT2D eigenvalue weighted by Crippen LogP contribution is -2.28. The minimum absolute atomic E-state index is 0.0812. The Hall–Kier alpha value is -3.68. The largest absolute Gasteiger partial charge is 0.455 e. The summed E-state index contributed by atoms with van der Waals surface area (Å²) < 4.78 is 5.10. The molecule has 1 aliphatic rings. The van der Waals surface area contributed by atoms with Gasteiger partial charge in [-0.3, -0.25) is 19.2 Å². The smallest absolute Gasteiger partial charge is 0.311 e. The standard InChI is InChI=1S/C22H23N3O5/c1-15(26)23-18-7-9-19(10-8-18)24-20(27)14-30-22(29)17-11-21(28)25(13-17)12-16-5-3-2-4-6-16/h2-10,17H,11-14H2,1H3,(H,23,26)(H,24,27)/t17-/m0/s1. The molecule has 0 aliphatic carbocycles. The molecule has 8 heteroatoms. The fraction of sp³-hybridized carbons (Fsp3) is 0.273. The van der Waals surface area contributed by atoms with Crippen molar-refractivity contribution in [3.05, 3.63) is 60.2 Å². The van der Waals surface area contributed by atoms with E-state index in [1.807, 2.05) is 30.3 Å². The van der Waals surface area contributed by atoms with Gasteiger partial charge in [0.2, 0.25) is 11.8 Å². The lowest BCUT2D eigenvalue weighted by molar-refractivity contribution is -0.151. The number of nitrogens with zero attached hydrogens (tertiary/aromatic N) is 1. The lowest BCUT2D eigenvalue weighted by atomic mass is 10.1. The minimum atomic E-state index is -0.578. The van der Waals surface area contributed by atoms with Crippen LogP contribution in [0.15, 0.2) is 54.6 Å². The molecule has 1 atom stereocenters. The van der Waals surface area contributed by atoms with Crippen molar-refractivity contribution in [3.8, 4) is 0 Å². The molecule has 1 heterocycles. The number of nitrogens with one attached hydrogen (secondary N) is 2. The summed E-state index contributed by atoms with van der Waals surface area (Å²) in [6.45, 7) is 1.69. The Morgan fingerprint density at radius 3 is 2.27 bits per heavy atom. The van der Waals surface area contributed by atoms with E-state index in [9.17, 15) is 19.2 Å². The first-order chi connectivity index (χ1) is 14.4. The second kappa shape index (κ2) is 9.69. The molecule has 0 unspecified atom stereocenters. The normalized spacial score (nSPS) is 15.6. The summed E-state index contributed by atoms with van der Waals surface area (Å²) in [5.41, 5.74) is 2.11. The van der Waals surface area contributed by atoms with E-state index >= 15 is 0 Å². The van der Waals surface area contributed by atoms with Gasteiger partial charge in [-0.1, -0.05) is 30.3 Å². The summed E-state index contributed by atoms with van der Waals surface area (Å²) in [7, 11) is 0. The Bertz CT molecular complexity index is 928. The van der Waals surface area contributed by atoms with E-state index in [4.69, 9.17) is 4.74 Å². The van der Waals surface area contributed by atoms with Crippen molar-refractivity contribution in [3.63, 3.8) is 0 Å². The summed E-state index contributed by atoms with van der Waals surface area (Å²) in [6.07, 6.45) is 0.0812. The highest BCUT2D eigenvalue weighted by atomic mass is 16.5. The third kappa shape index (κ3) is 5.91. The van der Waals surface area contributed by atoms with Crippen LogP contribution in [0, 0.1) is 5.92 Å². The molecule has 3 amide bonds. The molecule has 8 nitrogen and oxygen atoms in total. The predicted octanol–water partition coefficient (Wildman–Crippen LogP) is 2.18. The fourth-order valence-electron chi connectivity index (χ4n) is 3.18. The molecule has 2 N–H and O–H groups in total. The number of benzene rings is 2. The minimum Gasteiger partial charge on any atom is -0.455 e. The topological polar surface area (TPSA) is 105 Å². The molecule has 2 aromatic carbocycles. The lowest BCUT2D eigenvalue weighted by Gasteiger charge is -2.16. The maximum atomic E-state index is 12.3. The van der Waals surface area contributed by atoms with Crippen LogP contribution < -0.4 is 10.6 Å². The number of rotatable bonds is 7. The molecule has 1 saturated heterocycles. The molecular weight excluding hydrogens is 386 g/mol. The van der Waals surface area contributed by atoms with Crippen LogP contribution in [0.3, 0.4) is 0 Å². The number of amides is 3. The van der Waals surface area contributed by atoms with E-state index in [1.165, 1.54) is 6.92 Å². The third-order valence-corrected chi connectivity index (χ3v) is 4.60. The number of esters is 1. The van der Waals surface area contributed by atoms with Gasteiger partial charge in [-0.05, 0) is 29.8 Å². The van der Waals surface area contributed by atoms with E-state index in [1.54, 1.807) is 29.2 Å². The maximum absolute atomic E-state index is 12.3. The second-order valence-electron chi connectivity index (χ2n) is 7.08. The van der Waals surface area contributed by atoms with Gasteiger partial charge >= 0.3 is 5.97 Å². The molecule has 0 radical (unpaired) electrons. The van der Waals surface area contributed by atoms with Crippen LogP contribution in [0.5, 0.6) is 0 Å². The van der Waals surface area contributed by atoms with Crippen LogP contribution in [0.2, 0.25) is 0 Å². The average Bonchev–Trinajstić information content (AvgIpc) is 3.08. The highest BCUT2D eigenvalue weighted by Crippen LogP contribution is 2.21. The van der Waals surface area contributed by atoms with Gasteiger partial charge in [0.25, 0.3) is 5.91 Å². The summed E-state index contributed by atoms with van der Waals surface area (Å²) in [5, 5.41) is 5.24. The predicted molar refractivity (Wildman–Crippen MR) is 110 cm³/mol. The number of likely N-dealkylation sites (tertiary alicyclic amines) is 1. The van der Waals surface area contributed by atoms with Crippen molar-refractivity contribution in [2.45, 2.75) is 19.9 Å². The Kier molecular flexibility index (Phi) is 6.79. The molecule has 156 valence electrons. The Morgan fingerprint density at radius 2 is 1.63 bits per heavy atom. The highest BCUT2D eigenvalue weighted by molar-refractivity contribution is 5.94. The monoisotopic (exact) mass is 409 g/mol. The van der Waals surface area contributed by atoms with E-state index in [-0.39, 0.29) is 24.8 Å². The van der Waals surface area contributed by atoms with Gasteiger partial charge in [-0.25, -0.2) is 0 Å². The first-order valence-electron chi connectivity index (χ1n) is 9.56. The number of carbonyl (C=O) groups is 4. The van der Waals surface area contributed by atoms with Gasteiger partial charge in [0, 0.05) is 37.8 Å². The molecule has 3 rings (SSSR count). The van der Waals surface area contributed by atoms with Gasteiger partial charge in [-0.2, -0.15) is 0 Å². The number of hydrogen-bond donors (Lipinski definition) is 2. The van der Waals surface area contributed by atoms with Crippen LogP contribution in [0.4, 0.5) is 11.4 Å². The summed E-state index contributed by atoms with van der Waals surface area (Å²) in [4.78, 5) is 49.1. The van der Waals surface area contributed by atoms with Gasteiger partial charge < -0.3 is 20.3 Å². The number of hydrogen-bond acceptors (Lipinski definition) is 5. The Balaban J connectivity index is 1.44. The summed E-state index contributed by atoms with van der Waals surface area (Å²) >= 11 is 0. The van der Waals surface area contributed by atoms with Crippen LogP contribution in [0.1, 0.15) is 18.9 Å². The molecule has 0 aromatic heterocycles. The summed E-state index contributed by atoms with van der Waals surface area (Å²) in [5.74, 6) is -1.92. The third-order valence-electron chi connectivity index (χ3n) is 4.60. The molecule has 0 saturated carbocycles. The van der Waals surface area contributed by atoms with Crippen LogP contribution in [-0.4, -0.2) is 41.7 Å². The van der Waals surface area contributed by atoms with Crippen LogP contribution in [-0.2, 0) is 30.5 Å².